The van der Waals surface area contributed by atoms with Crippen LogP contribution in [0, 0.1) is 0 Å². The van der Waals surface area contributed by atoms with E-state index in [1.165, 1.54) is 0 Å². The first kappa shape index (κ1) is 13.2. The number of fused-ring (bicyclic) bond motifs is 1. The molecule has 0 unspecified atom stereocenters. The van der Waals surface area contributed by atoms with Crippen LogP contribution >= 0.6 is 0 Å². The fraction of sp³-hybridized carbons (Fsp3) is 0.125. The molecule has 0 saturated carbocycles. The molecule has 2 N–H and O–H groups in total. The Morgan fingerprint density at radius 1 is 1.29 bits per heavy atom. The number of amides is 1. The predicted octanol–water partition coefficient (Wildman–Crippen LogP) is 2.50. The molecule has 0 aliphatic rings. The second-order valence-electron chi connectivity index (χ2n) is 4.60. The summed E-state index contributed by atoms with van der Waals surface area (Å²) in [6.45, 7) is 0.370. The molecule has 5 nitrogen and oxygen atoms in total. The summed E-state index contributed by atoms with van der Waals surface area (Å²) < 4.78 is 5.17. The molecule has 0 aliphatic carbocycles. The number of hydrogen-bond donors (Lipinski definition) is 2. The summed E-state index contributed by atoms with van der Waals surface area (Å²) in [5.41, 5.74) is 2.42. The van der Waals surface area contributed by atoms with E-state index in [9.17, 15) is 4.79 Å². The SMILES string of the molecule is COc1ncccc1CNC(=O)c1c[nH]c2ccccc12. The van der Waals surface area contributed by atoms with Gasteiger partial charge in [-0.2, -0.15) is 0 Å². The fourth-order valence-electron chi connectivity index (χ4n) is 2.27. The maximum absolute atomic E-state index is 12.3. The number of carbonyl (C=O) groups is 1. The first-order chi connectivity index (χ1) is 10.3. The molecule has 3 aromatic rings. The Balaban J connectivity index is 1.78. The minimum atomic E-state index is -0.127. The fourth-order valence-corrected chi connectivity index (χ4v) is 2.27. The molecular weight excluding hydrogens is 266 g/mol. The number of aromatic nitrogens is 2. The maximum Gasteiger partial charge on any atom is 0.253 e. The summed E-state index contributed by atoms with van der Waals surface area (Å²) in [5, 5.41) is 3.80. The summed E-state index contributed by atoms with van der Waals surface area (Å²) in [4.78, 5) is 19.5. The lowest BCUT2D eigenvalue weighted by Crippen LogP contribution is -2.22. The largest absolute Gasteiger partial charge is 0.481 e. The normalized spacial score (nSPS) is 10.5. The highest BCUT2D eigenvalue weighted by Crippen LogP contribution is 2.18. The van der Waals surface area contributed by atoms with Gasteiger partial charge in [0.25, 0.3) is 5.91 Å². The molecule has 0 radical (unpaired) electrons. The van der Waals surface area contributed by atoms with Crippen LogP contribution in [0.1, 0.15) is 15.9 Å². The Morgan fingerprint density at radius 2 is 2.14 bits per heavy atom. The topological polar surface area (TPSA) is 67.0 Å². The third-order valence-corrected chi connectivity index (χ3v) is 3.32. The number of ether oxygens (including phenoxy) is 1. The van der Waals surface area contributed by atoms with Crippen molar-refractivity contribution in [2.45, 2.75) is 6.54 Å². The summed E-state index contributed by atoms with van der Waals surface area (Å²) >= 11 is 0. The van der Waals surface area contributed by atoms with E-state index in [2.05, 4.69) is 15.3 Å². The van der Waals surface area contributed by atoms with Gasteiger partial charge in [0.1, 0.15) is 0 Å². The molecule has 106 valence electrons. The number of rotatable bonds is 4. The molecule has 1 amide bonds. The second kappa shape index (κ2) is 5.66. The van der Waals surface area contributed by atoms with Crippen LogP contribution in [0.4, 0.5) is 0 Å². The number of pyridine rings is 1. The van der Waals surface area contributed by atoms with Crippen molar-refractivity contribution < 1.29 is 9.53 Å². The van der Waals surface area contributed by atoms with Gasteiger partial charge in [-0.05, 0) is 12.1 Å². The van der Waals surface area contributed by atoms with E-state index in [1.807, 2.05) is 36.4 Å². The number of carbonyl (C=O) groups excluding carboxylic acids is 1. The zero-order valence-corrected chi connectivity index (χ0v) is 11.6. The van der Waals surface area contributed by atoms with E-state index >= 15 is 0 Å². The Morgan fingerprint density at radius 3 is 3.00 bits per heavy atom. The van der Waals surface area contributed by atoms with Gasteiger partial charge in [-0.3, -0.25) is 4.79 Å². The Bertz CT molecular complexity index is 780. The Labute approximate surface area is 122 Å². The van der Waals surface area contributed by atoms with Crippen LogP contribution in [0.15, 0.2) is 48.8 Å². The molecule has 0 saturated heterocycles. The molecule has 1 aromatic carbocycles. The van der Waals surface area contributed by atoms with Crippen molar-refractivity contribution in [3.05, 3.63) is 59.9 Å². The number of para-hydroxylation sites is 1. The van der Waals surface area contributed by atoms with Gasteiger partial charge in [-0.15, -0.1) is 0 Å². The van der Waals surface area contributed by atoms with Gasteiger partial charge < -0.3 is 15.0 Å². The minimum absolute atomic E-state index is 0.127. The van der Waals surface area contributed by atoms with Gasteiger partial charge in [0, 0.05) is 35.4 Å². The van der Waals surface area contributed by atoms with E-state index in [0.29, 0.717) is 18.0 Å². The van der Waals surface area contributed by atoms with Crippen LogP contribution in [-0.4, -0.2) is 23.0 Å². The lowest BCUT2D eigenvalue weighted by molar-refractivity contribution is 0.0952. The molecule has 2 aromatic heterocycles. The highest BCUT2D eigenvalue weighted by Gasteiger charge is 2.12. The number of benzene rings is 1. The van der Waals surface area contributed by atoms with Crippen LogP contribution in [-0.2, 0) is 6.54 Å². The van der Waals surface area contributed by atoms with Crippen LogP contribution in [0.5, 0.6) is 5.88 Å². The van der Waals surface area contributed by atoms with Crippen molar-refractivity contribution in [3.63, 3.8) is 0 Å². The Hall–Kier alpha value is -2.82. The number of methoxy groups -OCH3 is 1. The van der Waals surface area contributed by atoms with Crippen molar-refractivity contribution in [1.29, 1.82) is 0 Å². The number of H-pyrrole nitrogens is 1. The van der Waals surface area contributed by atoms with E-state index in [0.717, 1.165) is 16.5 Å². The molecule has 21 heavy (non-hydrogen) atoms. The Kier molecular flexibility index (Phi) is 3.55. The third kappa shape index (κ3) is 2.58. The van der Waals surface area contributed by atoms with Crippen LogP contribution in [0.3, 0.4) is 0 Å². The van der Waals surface area contributed by atoms with Crippen LogP contribution < -0.4 is 10.1 Å². The van der Waals surface area contributed by atoms with Gasteiger partial charge in [-0.25, -0.2) is 4.98 Å². The van der Waals surface area contributed by atoms with Crippen molar-refractivity contribution in [2.24, 2.45) is 0 Å². The van der Waals surface area contributed by atoms with Gasteiger partial charge in [0.2, 0.25) is 5.88 Å². The summed E-state index contributed by atoms with van der Waals surface area (Å²) in [6.07, 6.45) is 3.38. The van der Waals surface area contributed by atoms with E-state index in [1.54, 1.807) is 19.5 Å². The average molecular weight is 281 g/mol. The minimum Gasteiger partial charge on any atom is -0.481 e. The van der Waals surface area contributed by atoms with Gasteiger partial charge in [0.05, 0.1) is 12.7 Å². The van der Waals surface area contributed by atoms with E-state index in [4.69, 9.17) is 4.74 Å². The molecule has 2 heterocycles. The predicted molar refractivity (Wildman–Crippen MR) is 80.3 cm³/mol. The van der Waals surface area contributed by atoms with E-state index < -0.39 is 0 Å². The highest BCUT2D eigenvalue weighted by atomic mass is 16.5. The molecule has 0 fully saturated rings. The van der Waals surface area contributed by atoms with Crippen molar-refractivity contribution in [3.8, 4) is 5.88 Å². The standard InChI is InChI=1S/C16H15N3O2/c1-21-16-11(5-4-8-17-16)9-19-15(20)13-10-18-14-7-3-2-6-12(13)14/h2-8,10,18H,9H2,1H3,(H,19,20). The maximum atomic E-state index is 12.3. The second-order valence-corrected chi connectivity index (χ2v) is 4.60. The number of nitrogens with one attached hydrogen (secondary N) is 2. The van der Waals surface area contributed by atoms with E-state index in [-0.39, 0.29) is 5.91 Å². The quantitative estimate of drug-likeness (QED) is 0.772. The molecule has 0 atom stereocenters. The molecule has 5 heteroatoms. The van der Waals surface area contributed by atoms with Gasteiger partial charge in [-0.1, -0.05) is 24.3 Å². The lowest BCUT2D eigenvalue weighted by atomic mass is 10.1. The summed E-state index contributed by atoms with van der Waals surface area (Å²) in [5.74, 6) is 0.398. The highest BCUT2D eigenvalue weighted by molar-refractivity contribution is 6.06. The average Bonchev–Trinajstić information content (AvgIpc) is 2.97. The number of aromatic amines is 1. The van der Waals surface area contributed by atoms with Crippen molar-refractivity contribution in [2.75, 3.05) is 7.11 Å². The first-order valence-electron chi connectivity index (χ1n) is 6.62. The zero-order valence-electron chi connectivity index (χ0n) is 11.6. The van der Waals surface area contributed by atoms with Gasteiger partial charge in [0.15, 0.2) is 0 Å². The number of nitrogens with zero attached hydrogens (tertiary/aromatic N) is 1. The van der Waals surface area contributed by atoms with Crippen LogP contribution in [0.2, 0.25) is 0 Å². The molecule has 0 spiro atoms. The molecule has 0 bridgehead atoms. The summed E-state index contributed by atoms with van der Waals surface area (Å²) in [6, 6.07) is 11.4. The molecule has 3 rings (SSSR count). The third-order valence-electron chi connectivity index (χ3n) is 3.32. The van der Waals surface area contributed by atoms with Crippen molar-refractivity contribution in [1.82, 2.24) is 15.3 Å². The lowest BCUT2D eigenvalue weighted by Gasteiger charge is -2.08. The van der Waals surface area contributed by atoms with Crippen molar-refractivity contribution >= 4 is 16.8 Å². The molecule has 0 aliphatic heterocycles. The summed E-state index contributed by atoms with van der Waals surface area (Å²) in [7, 11) is 1.56. The monoisotopic (exact) mass is 281 g/mol. The first-order valence-corrected chi connectivity index (χ1v) is 6.62. The van der Waals surface area contributed by atoms with Crippen LogP contribution in [0.25, 0.3) is 10.9 Å². The zero-order chi connectivity index (χ0) is 14.7. The smallest absolute Gasteiger partial charge is 0.253 e. The number of hydrogen-bond acceptors (Lipinski definition) is 3. The van der Waals surface area contributed by atoms with Gasteiger partial charge >= 0.3 is 0 Å². The molecular formula is C16H15N3O2.